The van der Waals surface area contributed by atoms with E-state index in [1.807, 2.05) is 0 Å². The standard InChI is InChI=1S/C17H17Cl2N5O5S/c18-7-2-1-6(3-8(7)19)5-30-17-21-10-13(22-16(20)23-14(10)28)24(17)15-12(27)11(26)9(4-25)29-15/h1-3,9,11-12,15,25-27H,4-5H2,(H3,20,22,23,28)/t9-,11-,12-,15-/m0/s1. The van der Waals surface area contributed by atoms with Crippen LogP contribution in [0.2, 0.25) is 10.0 Å². The Morgan fingerprint density at radius 3 is 2.67 bits per heavy atom. The van der Waals surface area contributed by atoms with Crippen molar-refractivity contribution in [2.45, 2.75) is 35.4 Å². The number of aromatic amines is 1. The zero-order valence-corrected chi connectivity index (χ0v) is 17.5. The second-order valence-electron chi connectivity index (χ2n) is 6.65. The normalized spacial score (nSPS) is 24.0. The number of hydrogen-bond acceptors (Lipinski definition) is 9. The number of aliphatic hydroxyl groups excluding tert-OH is 3. The number of nitrogens with two attached hydrogens (primary N) is 1. The molecule has 6 N–H and O–H groups in total. The van der Waals surface area contributed by atoms with Gasteiger partial charge >= 0.3 is 0 Å². The van der Waals surface area contributed by atoms with Crippen LogP contribution in [0.5, 0.6) is 0 Å². The zero-order valence-electron chi connectivity index (χ0n) is 15.2. The Kier molecular flexibility index (Phi) is 5.95. The number of imidazole rings is 1. The summed E-state index contributed by atoms with van der Waals surface area (Å²) in [4.78, 5) is 23.2. The van der Waals surface area contributed by atoms with Crippen LogP contribution in [-0.2, 0) is 10.5 Å². The van der Waals surface area contributed by atoms with Crippen LogP contribution in [0.15, 0.2) is 28.2 Å². The van der Waals surface area contributed by atoms with Crippen LogP contribution < -0.4 is 11.3 Å². The summed E-state index contributed by atoms with van der Waals surface area (Å²) in [5, 5.41) is 31.2. The number of nitrogens with one attached hydrogen (secondary N) is 1. The molecule has 0 saturated carbocycles. The molecule has 0 bridgehead atoms. The number of nitrogens with zero attached hydrogens (tertiary/aromatic N) is 3. The molecule has 1 aromatic carbocycles. The van der Waals surface area contributed by atoms with Gasteiger partial charge in [-0.2, -0.15) is 4.98 Å². The Balaban J connectivity index is 1.77. The van der Waals surface area contributed by atoms with Crippen molar-refractivity contribution in [1.29, 1.82) is 0 Å². The number of ether oxygens (including phenoxy) is 1. The van der Waals surface area contributed by atoms with Crippen molar-refractivity contribution < 1.29 is 20.1 Å². The molecule has 3 heterocycles. The summed E-state index contributed by atoms with van der Waals surface area (Å²) in [6.07, 6.45) is -4.85. The highest BCUT2D eigenvalue weighted by atomic mass is 35.5. The molecule has 0 amide bonds. The second-order valence-corrected chi connectivity index (χ2v) is 8.41. The number of anilines is 1. The van der Waals surface area contributed by atoms with Crippen molar-refractivity contribution in [2.24, 2.45) is 0 Å². The van der Waals surface area contributed by atoms with Crippen LogP contribution in [0.4, 0.5) is 5.95 Å². The zero-order chi connectivity index (χ0) is 21.6. The van der Waals surface area contributed by atoms with Crippen molar-refractivity contribution >= 4 is 52.1 Å². The smallest absolute Gasteiger partial charge is 0.280 e. The van der Waals surface area contributed by atoms with Crippen molar-refractivity contribution in [1.82, 2.24) is 19.5 Å². The summed E-state index contributed by atoms with van der Waals surface area (Å²) in [6, 6.07) is 5.17. The SMILES string of the molecule is Nc1nc2c(nc(SCc3ccc(Cl)c(Cl)c3)n2[C@H]2O[C@@H](CO)[C@H](O)[C@@H]2O)c(=O)[nH]1. The summed E-state index contributed by atoms with van der Waals surface area (Å²) >= 11 is 13.2. The molecule has 1 aliphatic heterocycles. The van der Waals surface area contributed by atoms with Crippen LogP contribution in [0.25, 0.3) is 11.2 Å². The van der Waals surface area contributed by atoms with E-state index >= 15 is 0 Å². The van der Waals surface area contributed by atoms with Gasteiger partial charge in [-0.3, -0.25) is 14.3 Å². The molecule has 30 heavy (non-hydrogen) atoms. The van der Waals surface area contributed by atoms with Gasteiger partial charge in [0.2, 0.25) is 5.95 Å². The molecular weight excluding hydrogens is 457 g/mol. The Labute approximate surface area is 183 Å². The lowest BCUT2D eigenvalue weighted by molar-refractivity contribution is -0.0548. The van der Waals surface area contributed by atoms with E-state index < -0.39 is 36.7 Å². The van der Waals surface area contributed by atoms with E-state index in [1.165, 1.54) is 16.3 Å². The molecule has 1 saturated heterocycles. The number of H-pyrrole nitrogens is 1. The van der Waals surface area contributed by atoms with E-state index in [9.17, 15) is 20.1 Å². The maximum absolute atomic E-state index is 12.3. The van der Waals surface area contributed by atoms with Crippen LogP contribution in [0.1, 0.15) is 11.8 Å². The first kappa shape index (κ1) is 21.4. The lowest BCUT2D eigenvalue weighted by Crippen LogP contribution is -2.33. The number of thioether (sulfide) groups is 1. The monoisotopic (exact) mass is 473 g/mol. The summed E-state index contributed by atoms with van der Waals surface area (Å²) in [5.41, 5.74) is 6.05. The highest BCUT2D eigenvalue weighted by Gasteiger charge is 2.45. The van der Waals surface area contributed by atoms with Gasteiger partial charge in [0.1, 0.15) is 18.3 Å². The van der Waals surface area contributed by atoms with Gasteiger partial charge in [-0.05, 0) is 17.7 Å². The molecular formula is C17H17Cl2N5O5S. The van der Waals surface area contributed by atoms with Gasteiger partial charge < -0.3 is 25.8 Å². The number of hydrogen-bond donors (Lipinski definition) is 5. The summed E-state index contributed by atoms with van der Waals surface area (Å²) in [6.45, 7) is -0.497. The van der Waals surface area contributed by atoms with E-state index in [4.69, 9.17) is 33.7 Å². The topological polar surface area (TPSA) is 160 Å². The average molecular weight is 474 g/mol. The molecule has 13 heteroatoms. The Bertz CT molecular complexity index is 1160. The van der Waals surface area contributed by atoms with Gasteiger partial charge in [0.05, 0.1) is 16.7 Å². The number of aromatic nitrogens is 4. The number of fused-ring (bicyclic) bond motifs is 1. The maximum Gasteiger partial charge on any atom is 0.280 e. The van der Waals surface area contributed by atoms with Crippen LogP contribution >= 0.6 is 35.0 Å². The van der Waals surface area contributed by atoms with Gasteiger partial charge in [0.15, 0.2) is 22.5 Å². The molecule has 1 fully saturated rings. The fraction of sp³-hybridized carbons (Fsp3) is 0.353. The fourth-order valence-electron chi connectivity index (χ4n) is 3.18. The molecule has 4 rings (SSSR count). The third-order valence-electron chi connectivity index (χ3n) is 4.66. The Hall–Kier alpha value is -1.86. The minimum Gasteiger partial charge on any atom is -0.394 e. The lowest BCUT2D eigenvalue weighted by atomic mass is 10.1. The molecule has 0 aliphatic carbocycles. The lowest BCUT2D eigenvalue weighted by Gasteiger charge is -2.19. The van der Waals surface area contributed by atoms with Gasteiger partial charge in [-0.1, -0.05) is 41.0 Å². The maximum atomic E-state index is 12.3. The number of rotatable bonds is 5. The van der Waals surface area contributed by atoms with Crippen molar-refractivity contribution in [3.05, 3.63) is 44.2 Å². The van der Waals surface area contributed by atoms with Crippen molar-refractivity contribution in [3.63, 3.8) is 0 Å². The summed E-state index contributed by atoms with van der Waals surface area (Å²) < 4.78 is 7.02. The van der Waals surface area contributed by atoms with E-state index in [-0.39, 0.29) is 17.1 Å². The van der Waals surface area contributed by atoms with E-state index in [2.05, 4.69) is 15.0 Å². The molecule has 0 unspecified atom stereocenters. The molecule has 3 aromatic rings. The molecule has 0 radical (unpaired) electrons. The fourth-order valence-corrected chi connectivity index (χ4v) is 4.46. The van der Waals surface area contributed by atoms with Crippen molar-refractivity contribution in [3.8, 4) is 0 Å². The second kappa shape index (κ2) is 8.35. The number of aliphatic hydroxyl groups is 3. The first-order chi connectivity index (χ1) is 14.3. The average Bonchev–Trinajstić information content (AvgIpc) is 3.20. The minimum absolute atomic E-state index is 0.00132. The largest absolute Gasteiger partial charge is 0.394 e. The van der Waals surface area contributed by atoms with Crippen LogP contribution in [-0.4, -0.2) is 59.8 Å². The van der Waals surface area contributed by atoms with Gasteiger partial charge in [-0.25, -0.2) is 4.98 Å². The van der Waals surface area contributed by atoms with Gasteiger partial charge in [0, 0.05) is 5.75 Å². The van der Waals surface area contributed by atoms with Crippen LogP contribution in [0.3, 0.4) is 0 Å². The van der Waals surface area contributed by atoms with Gasteiger partial charge in [-0.15, -0.1) is 0 Å². The number of halogens is 2. The highest BCUT2D eigenvalue weighted by molar-refractivity contribution is 7.98. The molecule has 2 aromatic heterocycles. The summed E-state index contributed by atoms with van der Waals surface area (Å²) in [5.74, 6) is 0.268. The minimum atomic E-state index is -1.38. The molecule has 10 nitrogen and oxygen atoms in total. The van der Waals surface area contributed by atoms with E-state index in [0.717, 1.165) is 5.56 Å². The predicted octanol–water partition coefficient (Wildman–Crippen LogP) is 0.912. The Morgan fingerprint density at radius 2 is 2.00 bits per heavy atom. The first-order valence-corrected chi connectivity index (χ1v) is 10.5. The molecule has 1 aliphatic rings. The molecule has 160 valence electrons. The first-order valence-electron chi connectivity index (χ1n) is 8.77. The summed E-state index contributed by atoms with van der Waals surface area (Å²) in [7, 11) is 0. The predicted molar refractivity (Wildman–Crippen MR) is 112 cm³/mol. The van der Waals surface area contributed by atoms with Crippen LogP contribution in [0, 0.1) is 0 Å². The van der Waals surface area contributed by atoms with Gasteiger partial charge in [0.25, 0.3) is 5.56 Å². The molecule has 0 spiro atoms. The third kappa shape index (κ3) is 3.78. The Morgan fingerprint density at radius 1 is 1.23 bits per heavy atom. The highest BCUT2D eigenvalue weighted by Crippen LogP contribution is 2.36. The third-order valence-corrected chi connectivity index (χ3v) is 6.42. The number of nitrogen functional groups attached to an aromatic ring is 1. The van der Waals surface area contributed by atoms with Crippen molar-refractivity contribution in [2.75, 3.05) is 12.3 Å². The number of benzene rings is 1. The van der Waals surface area contributed by atoms with E-state index in [1.54, 1.807) is 18.2 Å². The molecule has 4 atom stereocenters. The quantitative estimate of drug-likeness (QED) is 0.339. The van der Waals surface area contributed by atoms with E-state index in [0.29, 0.717) is 21.0 Å².